The number of unbranched alkanes of at least 4 members (excludes halogenated alkanes) is 14. The molecule has 0 aromatic carbocycles. The summed E-state index contributed by atoms with van der Waals surface area (Å²) in [6, 6.07) is 0. The van der Waals surface area contributed by atoms with Gasteiger partial charge < -0.3 is 14.9 Å². The van der Waals surface area contributed by atoms with E-state index in [1.54, 1.807) is 0 Å². The molecule has 0 saturated heterocycles. The van der Waals surface area contributed by atoms with Gasteiger partial charge >= 0.3 is 37.4 Å². The van der Waals surface area contributed by atoms with E-state index in [0.29, 0.717) is 0 Å². The third kappa shape index (κ3) is 37.7. The van der Waals surface area contributed by atoms with E-state index in [1.165, 1.54) is 70.6 Å². The van der Waals surface area contributed by atoms with Crippen LogP contribution in [0.2, 0.25) is 0 Å². The summed E-state index contributed by atoms with van der Waals surface area (Å²) < 4.78 is 14.1. The number of phosphoric acid groups is 1. The van der Waals surface area contributed by atoms with Crippen LogP contribution in [0.3, 0.4) is 0 Å². The molecule has 0 heterocycles. The molecule has 0 aliphatic carbocycles. The molecule has 0 aromatic heterocycles. The van der Waals surface area contributed by atoms with Crippen molar-refractivity contribution >= 4 is 7.82 Å². The summed E-state index contributed by atoms with van der Waals surface area (Å²) in [7, 11) is -4.47. The zero-order chi connectivity index (χ0) is 20.6. The largest absolute Gasteiger partial charge is 1.00 e. The average molecular weight is 435 g/mol. The fourth-order valence-electron chi connectivity index (χ4n) is 2.64. The molecule has 0 bridgehead atoms. The van der Waals surface area contributed by atoms with Gasteiger partial charge in [-0.15, -0.1) is 11.3 Å². The van der Waals surface area contributed by atoms with Gasteiger partial charge in [-0.3, -0.25) is 0 Å². The van der Waals surface area contributed by atoms with E-state index < -0.39 is 7.82 Å². The Morgan fingerprint density at radius 2 is 1.04 bits per heavy atom. The van der Waals surface area contributed by atoms with Crippen molar-refractivity contribution in [2.24, 2.45) is 0 Å². The van der Waals surface area contributed by atoms with Crippen LogP contribution in [0.15, 0.2) is 0 Å². The Hall–Kier alpha value is 1.03. The zero-order valence-corrected chi connectivity index (χ0v) is 21.6. The molecule has 0 spiro atoms. The molecular formula is C20H44NaO6P. The molecule has 0 unspecified atom stereocenters. The molecule has 6 nitrogen and oxygen atoms in total. The molecule has 0 saturated carbocycles. The van der Waals surface area contributed by atoms with Crippen molar-refractivity contribution in [3.63, 3.8) is 0 Å². The normalized spacial score (nSPS) is 10.9. The van der Waals surface area contributed by atoms with Crippen LogP contribution in [-0.4, -0.2) is 23.0 Å². The van der Waals surface area contributed by atoms with Crippen LogP contribution in [0.25, 0.3) is 0 Å². The Kier molecular flexibility index (Phi) is 33.7. The molecule has 2 N–H and O–H groups in total. The van der Waals surface area contributed by atoms with Gasteiger partial charge in [-0.25, -0.2) is 9.45 Å². The molecule has 0 aliphatic rings. The van der Waals surface area contributed by atoms with Crippen LogP contribution in [0.4, 0.5) is 0 Å². The van der Waals surface area contributed by atoms with Gasteiger partial charge in [0.25, 0.3) is 0 Å². The van der Waals surface area contributed by atoms with E-state index in [-0.39, 0.29) is 42.8 Å². The van der Waals surface area contributed by atoms with E-state index in [1.807, 2.05) is 0 Å². The summed E-state index contributed by atoms with van der Waals surface area (Å²) in [5, 5.41) is 9.96. The van der Waals surface area contributed by atoms with Crippen molar-refractivity contribution in [3.05, 3.63) is 0 Å². The summed E-state index contributed by atoms with van der Waals surface area (Å²) in [5.41, 5.74) is 0. The first-order chi connectivity index (χ1) is 13.0. The van der Waals surface area contributed by atoms with Crippen LogP contribution < -0.4 is 34.7 Å². The summed E-state index contributed by atoms with van der Waals surface area (Å²) >= 11 is 0. The second-order valence-corrected chi connectivity index (χ2v) is 8.17. The van der Waals surface area contributed by atoms with Gasteiger partial charge in [0.1, 0.15) is 0 Å². The minimum Gasteiger partial charge on any atom is -0.854 e. The fourth-order valence-corrected chi connectivity index (χ4v) is 2.85. The summed E-state index contributed by atoms with van der Waals surface area (Å²) in [6.45, 7) is 4.78. The van der Waals surface area contributed by atoms with Crippen LogP contribution >= 0.6 is 7.82 Å². The predicted octanol–water partition coefficient (Wildman–Crippen LogP) is 2.66. The number of rotatable bonds is 19. The maximum absolute atomic E-state index is 10.3. The van der Waals surface area contributed by atoms with Crippen LogP contribution in [-0.2, 0) is 14.1 Å². The standard InChI is InChI=1S/C12H27O5P.C8H17O.Na/c1-2-3-4-5-6-7-8-9-10-11-12-16-17-18(13,14)15;1-2-3-4-5-6-7-8-9;/h2-12H2,1H3,(H2,13,14,15);2-8H2,1H3;/q;-1;+1. The molecular weight excluding hydrogens is 390 g/mol. The second kappa shape index (κ2) is 28.0. The Labute approximate surface area is 195 Å². The van der Waals surface area contributed by atoms with Crippen LogP contribution in [0.1, 0.15) is 117 Å². The minimum atomic E-state index is -4.47. The van der Waals surface area contributed by atoms with E-state index in [0.717, 1.165) is 32.1 Å². The van der Waals surface area contributed by atoms with Crippen molar-refractivity contribution in [1.82, 2.24) is 0 Å². The van der Waals surface area contributed by atoms with E-state index in [9.17, 15) is 9.67 Å². The van der Waals surface area contributed by atoms with Gasteiger partial charge in [0.15, 0.2) is 0 Å². The molecule has 0 radical (unpaired) electrons. The van der Waals surface area contributed by atoms with Crippen molar-refractivity contribution < 1.29 is 58.6 Å². The topological polar surface area (TPSA) is 99.1 Å². The van der Waals surface area contributed by atoms with Crippen molar-refractivity contribution in [2.45, 2.75) is 117 Å². The smallest absolute Gasteiger partial charge is 0.854 e. The second-order valence-electron chi connectivity index (χ2n) is 7.04. The van der Waals surface area contributed by atoms with Crippen LogP contribution in [0.5, 0.6) is 0 Å². The molecule has 28 heavy (non-hydrogen) atoms. The van der Waals surface area contributed by atoms with Gasteiger partial charge in [0.05, 0.1) is 6.61 Å². The van der Waals surface area contributed by atoms with Crippen LogP contribution in [0, 0.1) is 0 Å². The SMILES string of the molecule is CCCCCCCCCCCCOOP(=O)(O)O.CCCCCCCC[O-].[Na+]. The zero-order valence-electron chi connectivity index (χ0n) is 18.7. The molecule has 0 atom stereocenters. The van der Waals surface area contributed by atoms with Gasteiger partial charge in [0.2, 0.25) is 0 Å². The van der Waals surface area contributed by atoms with Gasteiger partial charge in [-0.2, -0.15) is 0 Å². The van der Waals surface area contributed by atoms with Gasteiger partial charge in [-0.1, -0.05) is 110 Å². The fraction of sp³-hybridized carbons (Fsp3) is 1.00. The Balaban J connectivity index is -0.000000530. The monoisotopic (exact) mass is 434 g/mol. The predicted molar refractivity (Wildman–Crippen MR) is 109 cm³/mol. The number of hydrogen-bond donors (Lipinski definition) is 2. The number of hydrogen-bond acceptors (Lipinski definition) is 4. The maximum atomic E-state index is 10.3. The molecule has 8 heteroatoms. The van der Waals surface area contributed by atoms with E-state index >= 15 is 0 Å². The summed E-state index contributed by atoms with van der Waals surface area (Å²) in [4.78, 5) is 21.1. The maximum Gasteiger partial charge on any atom is 1.00 e. The van der Waals surface area contributed by atoms with Crippen molar-refractivity contribution in [2.75, 3.05) is 13.2 Å². The molecule has 0 aliphatic heterocycles. The Bertz CT molecular complexity index is 309. The first-order valence-electron chi connectivity index (χ1n) is 10.9. The first-order valence-corrected chi connectivity index (χ1v) is 12.5. The summed E-state index contributed by atoms with van der Waals surface area (Å²) in [6.07, 6.45) is 19.3. The Morgan fingerprint density at radius 3 is 1.39 bits per heavy atom. The third-order valence-corrected chi connectivity index (χ3v) is 4.53. The molecule has 166 valence electrons. The Morgan fingerprint density at radius 1 is 0.679 bits per heavy atom. The molecule has 0 fully saturated rings. The molecule has 0 amide bonds. The average Bonchev–Trinajstić information content (AvgIpc) is 2.62. The van der Waals surface area contributed by atoms with Crippen molar-refractivity contribution in [3.8, 4) is 0 Å². The summed E-state index contributed by atoms with van der Waals surface area (Å²) in [5.74, 6) is 0. The van der Waals surface area contributed by atoms with Gasteiger partial charge in [-0.05, 0) is 6.42 Å². The molecule has 0 aromatic rings. The third-order valence-electron chi connectivity index (χ3n) is 4.23. The molecule has 0 rings (SSSR count). The van der Waals surface area contributed by atoms with E-state index in [2.05, 4.69) is 23.4 Å². The quantitative estimate of drug-likeness (QED) is 0.107. The van der Waals surface area contributed by atoms with Crippen molar-refractivity contribution in [1.29, 1.82) is 0 Å². The van der Waals surface area contributed by atoms with Gasteiger partial charge in [0, 0.05) is 0 Å². The van der Waals surface area contributed by atoms with E-state index in [4.69, 9.17) is 9.79 Å². The minimum absolute atomic E-state index is 0. The first kappa shape index (κ1) is 33.7.